The van der Waals surface area contributed by atoms with E-state index in [-0.39, 0.29) is 30.3 Å². The number of piperidine rings is 2. The van der Waals surface area contributed by atoms with E-state index in [9.17, 15) is 19.7 Å². The summed E-state index contributed by atoms with van der Waals surface area (Å²) in [5.74, 6) is -0.844. The molecular formula is C28H47N3O7. The number of benzene rings is 1. The first kappa shape index (κ1) is 33.5. The second-order valence-corrected chi connectivity index (χ2v) is 9.88. The third-order valence-corrected chi connectivity index (χ3v) is 7.49. The molecule has 38 heavy (non-hydrogen) atoms. The van der Waals surface area contributed by atoms with Crippen LogP contribution in [0.4, 0.5) is 5.69 Å². The van der Waals surface area contributed by atoms with Crippen molar-refractivity contribution in [3.8, 4) is 0 Å². The van der Waals surface area contributed by atoms with Gasteiger partial charge < -0.3 is 14.9 Å². The second kappa shape index (κ2) is 17.9. The molecule has 2 saturated heterocycles. The van der Waals surface area contributed by atoms with Crippen molar-refractivity contribution >= 4 is 17.6 Å². The Morgan fingerprint density at radius 1 is 0.947 bits per heavy atom. The quantitative estimate of drug-likeness (QED) is 0.263. The van der Waals surface area contributed by atoms with Gasteiger partial charge in [-0.25, -0.2) is 0 Å². The van der Waals surface area contributed by atoms with Crippen LogP contribution in [0.15, 0.2) is 24.3 Å². The van der Waals surface area contributed by atoms with Gasteiger partial charge in [-0.15, -0.1) is 0 Å². The number of nitrogens with zero attached hydrogens (tertiary/aromatic N) is 3. The molecule has 0 aromatic heterocycles. The number of esters is 1. The Bertz CT molecular complexity index is 849. The molecule has 2 N–H and O–H groups in total. The number of hydrogen-bond donors (Lipinski definition) is 2. The minimum atomic E-state index is -0.653. The maximum absolute atomic E-state index is 12.4. The summed E-state index contributed by atoms with van der Waals surface area (Å²) in [6, 6.07) is 6.47. The lowest BCUT2D eigenvalue weighted by atomic mass is 9.99. The van der Waals surface area contributed by atoms with Crippen molar-refractivity contribution in [3.05, 3.63) is 39.9 Å². The average Bonchev–Trinajstić information content (AvgIpc) is 2.96. The zero-order valence-corrected chi connectivity index (χ0v) is 23.7. The van der Waals surface area contributed by atoms with E-state index in [0.29, 0.717) is 12.1 Å². The van der Waals surface area contributed by atoms with E-state index in [1.165, 1.54) is 12.1 Å². The van der Waals surface area contributed by atoms with Crippen molar-refractivity contribution in [2.75, 3.05) is 20.2 Å². The Hall–Kier alpha value is -2.56. The van der Waals surface area contributed by atoms with Gasteiger partial charge in [0.2, 0.25) is 0 Å². The van der Waals surface area contributed by atoms with E-state index in [4.69, 9.17) is 14.9 Å². The fourth-order valence-electron chi connectivity index (χ4n) is 4.91. The van der Waals surface area contributed by atoms with E-state index in [1.807, 2.05) is 0 Å². The van der Waals surface area contributed by atoms with E-state index < -0.39 is 10.9 Å². The standard InChI is InChI=1S/C17H24N2O4.C10H19NO2.CH4O/c1-3-13(2)18-11-5-4-6-16(18)17(20)23-12-14-7-9-15(10-8-14)19(21)22;1-3-8(2)11-7-5-4-6-9(11)10(12)13;1-2/h7-10,13,16H,3-6,11-12H2,1-2H3;8-9H,3-7H2,1-2H3,(H,12,13);2H,1H3. The molecule has 0 aliphatic carbocycles. The molecule has 10 nitrogen and oxygen atoms in total. The normalized spacial score (nSPS) is 21.5. The Morgan fingerprint density at radius 3 is 1.87 bits per heavy atom. The Balaban J connectivity index is 0.000000408. The SMILES string of the molecule is CCC(C)N1CCCCC1C(=O)O.CCC(C)N1CCCCC1C(=O)OCc1ccc([N+](=O)[O-])cc1.CO. The van der Waals surface area contributed by atoms with Crippen molar-refractivity contribution in [1.82, 2.24) is 9.80 Å². The monoisotopic (exact) mass is 537 g/mol. The van der Waals surface area contributed by atoms with Gasteiger partial charge in [-0.2, -0.15) is 0 Å². The number of non-ortho nitro benzene ring substituents is 1. The van der Waals surface area contributed by atoms with E-state index in [0.717, 1.165) is 77.1 Å². The molecule has 216 valence electrons. The summed E-state index contributed by atoms with van der Waals surface area (Å²) >= 11 is 0. The highest BCUT2D eigenvalue weighted by Gasteiger charge is 2.32. The van der Waals surface area contributed by atoms with Crippen LogP contribution in [0.1, 0.15) is 84.6 Å². The molecule has 2 fully saturated rings. The summed E-state index contributed by atoms with van der Waals surface area (Å²) in [6.07, 6.45) is 8.07. The van der Waals surface area contributed by atoms with Crippen molar-refractivity contribution in [1.29, 1.82) is 0 Å². The zero-order chi connectivity index (χ0) is 28.7. The Morgan fingerprint density at radius 2 is 1.42 bits per heavy atom. The lowest BCUT2D eigenvalue weighted by Gasteiger charge is -2.38. The summed E-state index contributed by atoms with van der Waals surface area (Å²) in [7, 11) is 1.00. The van der Waals surface area contributed by atoms with Gasteiger partial charge in [-0.05, 0) is 83.2 Å². The summed E-state index contributed by atoms with van der Waals surface area (Å²) in [4.78, 5) is 37.9. The number of carboxylic acids is 1. The van der Waals surface area contributed by atoms with Gasteiger partial charge in [0.05, 0.1) is 4.92 Å². The van der Waals surface area contributed by atoms with Crippen molar-refractivity contribution in [3.63, 3.8) is 0 Å². The summed E-state index contributed by atoms with van der Waals surface area (Å²) in [5, 5.41) is 26.6. The zero-order valence-electron chi connectivity index (χ0n) is 23.7. The number of carboxylic acid groups (broad SMARTS) is 1. The lowest BCUT2D eigenvalue weighted by Crippen LogP contribution is -2.49. The molecular weight excluding hydrogens is 490 g/mol. The van der Waals surface area contributed by atoms with Gasteiger partial charge in [-0.3, -0.25) is 29.5 Å². The molecule has 0 bridgehead atoms. The van der Waals surface area contributed by atoms with Crippen molar-refractivity contribution in [2.45, 2.75) is 110 Å². The van der Waals surface area contributed by atoms with Crippen LogP contribution in [0, 0.1) is 10.1 Å². The highest BCUT2D eigenvalue weighted by molar-refractivity contribution is 5.76. The number of likely N-dealkylation sites (tertiary alicyclic amines) is 2. The third kappa shape index (κ3) is 10.3. The van der Waals surface area contributed by atoms with Crippen LogP contribution in [0.2, 0.25) is 0 Å². The number of aliphatic hydroxyl groups is 1. The molecule has 1 aromatic rings. The number of aliphatic hydroxyl groups excluding tert-OH is 1. The molecule has 3 rings (SSSR count). The smallest absolute Gasteiger partial charge is 0.323 e. The number of nitro benzene ring substituents is 1. The number of carbonyl (C=O) groups excluding carboxylic acids is 1. The highest BCUT2D eigenvalue weighted by atomic mass is 16.6. The number of ether oxygens (including phenoxy) is 1. The van der Waals surface area contributed by atoms with Gasteiger partial charge in [0.25, 0.3) is 5.69 Å². The predicted molar refractivity (Wildman–Crippen MR) is 147 cm³/mol. The molecule has 4 unspecified atom stereocenters. The number of hydrogen-bond acceptors (Lipinski definition) is 8. The van der Waals surface area contributed by atoms with Gasteiger partial charge in [0, 0.05) is 31.3 Å². The molecule has 0 amide bonds. The van der Waals surface area contributed by atoms with E-state index in [2.05, 4.69) is 37.5 Å². The summed E-state index contributed by atoms with van der Waals surface area (Å²) in [6.45, 7) is 10.5. The second-order valence-electron chi connectivity index (χ2n) is 9.88. The summed E-state index contributed by atoms with van der Waals surface area (Å²) < 4.78 is 5.44. The first-order valence-corrected chi connectivity index (χ1v) is 13.8. The molecule has 2 aliphatic heterocycles. The number of aliphatic carboxylic acids is 1. The van der Waals surface area contributed by atoms with Crippen LogP contribution >= 0.6 is 0 Å². The van der Waals surface area contributed by atoms with Crippen LogP contribution in [-0.4, -0.2) is 81.2 Å². The average molecular weight is 538 g/mol. The largest absolute Gasteiger partial charge is 0.480 e. The van der Waals surface area contributed by atoms with Crippen molar-refractivity contribution in [2.24, 2.45) is 0 Å². The first-order valence-electron chi connectivity index (χ1n) is 13.8. The van der Waals surface area contributed by atoms with Crippen LogP contribution < -0.4 is 0 Å². The van der Waals surface area contributed by atoms with Crippen LogP contribution in [0.5, 0.6) is 0 Å². The molecule has 1 aromatic carbocycles. The van der Waals surface area contributed by atoms with Crippen LogP contribution in [-0.2, 0) is 20.9 Å². The van der Waals surface area contributed by atoms with Gasteiger partial charge in [0.15, 0.2) is 0 Å². The molecule has 0 saturated carbocycles. The molecule has 0 spiro atoms. The Kier molecular flexibility index (Phi) is 15.7. The number of rotatable bonds is 9. The minimum Gasteiger partial charge on any atom is -0.480 e. The van der Waals surface area contributed by atoms with Gasteiger partial charge in [-0.1, -0.05) is 26.7 Å². The predicted octanol–water partition coefficient (Wildman–Crippen LogP) is 4.62. The lowest BCUT2D eigenvalue weighted by molar-refractivity contribution is -0.384. The van der Waals surface area contributed by atoms with Gasteiger partial charge in [0.1, 0.15) is 18.7 Å². The molecule has 10 heteroatoms. The fourth-order valence-corrected chi connectivity index (χ4v) is 4.91. The summed E-state index contributed by atoms with van der Waals surface area (Å²) in [5.41, 5.74) is 0.796. The van der Waals surface area contributed by atoms with Crippen LogP contribution in [0.3, 0.4) is 0 Å². The van der Waals surface area contributed by atoms with Crippen molar-refractivity contribution < 1.29 is 29.5 Å². The number of nitro groups is 1. The molecule has 4 atom stereocenters. The Labute approximate surface area is 227 Å². The van der Waals surface area contributed by atoms with Gasteiger partial charge >= 0.3 is 11.9 Å². The first-order chi connectivity index (χ1) is 18.2. The third-order valence-electron chi connectivity index (χ3n) is 7.49. The minimum absolute atomic E-state index is 0.0373. The number of carbonyl (C=O) groups is 2. The maximum atomic E-state index is 12.4. The molecule has 2 aliphatic rings. The maximum Gasteiger partial charge on any atom is 0.323 e. The fraction of sp³-hybridized carbons (Fsp3) is 0.714. The highest BCUT2D eigenvalue weighted by Crippen LogP contribution is 2.23. The van der Waals surface area contributed by atoms with E-state index >= 15 is 0 Å². The molecule has 2 heterocycles. The van der Waals surface area contributed by atoms with E-state index in [1.54, 1.807) is 12.1 Å². The topological polar surface area (TPSA) is 133 Å². The molecule has 0 radical (unpaired) electrons. The van der Waals surface area contributed by atoms with Crippen LogP contribution in [0.25, 0.3) is 0 Å².